The van der Waals surface area contributed by atoms with Crippen molar-refractivity contribution in [2.45, 2.75) is 6.92 Å². The highest BCUT2D eigenvalue weighted by Gasteiger charge is 2.36. The van der Waals surface area contributed by atoms with Crippen LogP contribution in [0.15, 0.2) is 42.5 Å². The largest absolute Gasteiger partial charge is 0.478 e. The van der Waals surface area contributed by atoms with Crippen LogP contribution in [0.1, 0.15) is 36.6 Å². The van der Waals surface area contributed by atoms with Crippen LogP contribution in [0.4, 0.5) is 5.69 Å². The predicted molar refractivity (Wildman–Crippen MR) is 75.7 cm³/mol. The molecular formula is C16H11NO4. The first-order valence-electron chi connectivity index (χ1n) is 6.32. The van der Waals surface area contributed by atoms with Crippen LogP contribution < -0.4 is 4.90 Å². The minimum absolute atomic E-state index is 0.103. The summed E-state index contributed by atoms with van der Waals surface area (Å²) in [4.78, 5) is 36.6. The lowest BCUT2D eigenvalue weighted by Crippen LogP contribution is -2.29. The number of benzene rings is 2. The van der Waals surface area contributed by atoms with E-state index in [1.807, 2.05) is 6.92 Å². The van der Waals surface area contributed by atoms with E-state index in [0.717, 1.165) is 10.5 Å². The van der Waals surface area contributed by atoms with Gasteiger partial charge in [-0.25, -0.2) is 9.69 Å². The molecule has 2 aromatic rings. The zero-order chi connectivity index (χ0) is 15.1. The molecule has 0 spiro atoms. The second-order valence-corrected chi connectivity index (χ2v) is 4.85. The maximum absolute atomic E-state index is 12.4. The number of aromatic carboxylic acids is 1. The number of hydrogen-bond acceptors (Lipinski definition) is 3. The Morgan fingerprint density at radius 3 is 2.19 bits per heavy atom. The van der Waals surface area contributed by atoms with Crippen molar-refractivity contribution in [3.8, 4) is 0 Å². The number of imide groups is 1. The molecule has 1 heterocycles. The molecule has 0 atom stereocenters. The Balaban J connectivity index is 2.03. The van der Waals surface area contributed by atoms with Crippen LogP contribution in [0.25, 0.3) is 0 Å². The van der Waals surface area contributed by atoms with E-state index in [-0.39, 0.29) is 11.5 Å². The molecule has 0 unspecified atom stereocenters. The van der Waals surface area contributed by atoms with Crippen molar-refractivity contribution < 1.29 is 19.5 Å². The Morgan fingerprint density at radius 1 is 0.952 bits per heavy atom. The highest BCUT2D eigenvalue weighted by molar-refractivity contribution is 6.34. The van der Waals surface area contributed by atoms with Crippen LogP contribution in [0.5, 0.6) is 0 Å². The number of carboxylic acids is 1. The van der Waals surface area contributed by atoms with Crippen LogP contribution in [0.3, 0.4) is 0 Å². The van der Waals surface area contributed by atoms with Gasteiger partial charge >= 0.3 is 5.97 Å². The lowest BCUT2D eigenvalue weighted by Gasteiger charge is -2.13. The molecule has 0 aliphatic carbocycles. The number of carbonyl (C=O) groups is 3. The van der Waals surface area contributed by atoms with Gasteiger partial charge in [0.05, 0.1) is 22.4 Å². The second-order valence-electron chi connectivity index (χ2n) is 4.85. The van der Waals surface area contributed by atoms with Crippen LogP contribution in [0, 0.1) is 6.92 Å². The minimum atomic E-state index is -1.06. The average molecular weight is 281 g/mol. The molecule has 0 fully saturated rings. The molecule has 0 saturated heterocycles. The van der Waals surface area contributed by atoms with Gasteiger partial charge in [0.2, 0.25) is 0 Å². The molecular weight excluding hydrogens is 270 g/mol. The molecule has 1 N–H and O–H groups in total. The second kappa shape index (κ2) is 4.56. The Bertz CT molecular complexity index is 777. The first kappa shape index (κ1) is 13.1. The van der Waals surface area contributed by atoms with Gasteiger partial charge < -0.3 is 5.11 Å². The molecule has 0 saturated carbocycles. The standard InChI is InChI=1S/C16H11NO4/c1-9-2-7-12-13(8-9)15(19)17(14(12)18)11-5-3-10(4-6-11)16(20)21/h2-8H,1H3,(H,20,21). The summed E-state index contributed by atoms with van der Waals surface area (Å²) in [6, 6.07) is 10.7. The smallest absolute Gasteiger partial charge is 0.335 e. The van der Waals surface area contributed by atoms with Crippen molar-refractivity contribution in [3.63, 3.8) is 0 Å². The summed E-state index contributed by atoms with van der Waals surface area (Å²) in [5, 5.41) is 8.87. The molecule has 3 rings (SSSR count). The third kappa shape index (κ3) is 1.99. The Hall–Kier alpha value is -2.95. The number of rotatable bonds is 2. The Kier molecular flexibility index (Phi) is 2.83. The fourth-order valence-corrected chi connectivity index (χ4v) is 2.34. The molecule has 5 nitrogen and oxygen atoms in total. The van der Waals surface area contributed by atoms with Gasteiger partial charge in [-0.1, -0.05) is 11.6 Å². The van der Waals surface area contributed by atoms with Crippen LogP contribution >= 0.6 is 0 Å². The predicted octanol–water partition coefficient (Wildman–Crippen LogP) is 2.49. The molecule has 21 heavy (non-hydrogen) atoms. The normalized spacial score (nSPS) is 13.5. The number of anilines is 1. The van der Waals surface area contributed by atoms with Gasteiger partial charge in [-0.3, -0.25) is 9.59 Å². The summed E-state index contributed by atoms with van der Waals surface area (Å²) in [5.74, 6) is -1.83. The molecule has 0 aromatic heterocycles. The Labute approximate surface area is 120 Å². The van der Waals surface area contributed by atoms with E-state index >= 15 is 0 Å². The van der Waals surface area contributed by atoms with Gasteiger partial charge in [0.25, 0.3) is 11.8 Å². The van der Waals surface area contributed by atoms with E-state index in [2.05, 4.69) is 0 Å². The first-order chi connectivity index (χ1) is 9.99. The van der Waals surface area contributed by atoms with E-state index in [1.54, 1.807) is 18.2 Å². The van der Waals surface area contributed by atoms with Crippen LogP contribution in [-0.2, 0) is 0 Å². The summed E-state index contributed by atoms with van der Waals surface area (Å²) in [5.41, 5.74) is 2.11. The SMILES string of the molecule is Cc1ccc2c(c1)C(=O)N(c1ccc(C(=O)O)cc1)C2=O. The highest BCUT2D eigenvalue weighted by Crippen LogP contribution is 2.29. The zero-order valence-corrected chi connectivity index (χ0v) is 11.2. The number of amides is 2. The number of hydrogen-bond donors (Lipinski definition) is 1. The van der Waals surface area contributed by atoms with Gasteiger partial charge in [-0.05, 0) is 43.3 Å². The fraction of sp³-hybridized carbons (Fsp3) is 0.0625. The summed E-state index contributed by atoms with van der Waals surface area (Å²) in [6.45, 7) is 1.85. The van der Waals surface area contributed by atoms with Crippen LogP contribution in [-0.4, -0.2) is 22.9 Å². The van der Waals surface area contributed by atoms with Crippen molar-refractivity contribution >= 4 is 23.5 Å². The number of aryl methyl sites for hydroxylation is 1. The van der Waals surface area contributed by atoms with Crippen molar-refractivity contribution in [2.24, 2.45) is 0 Å². The maximum atomic E-state index is 12.4. The van der Waals surface area contributed by atoms with E-state index in [0.29, 0.717) is 16.8 Å². The molecule has 1 aliphatic heterocycles. The number of carbonyl (C=O) groups excluding carboxylic acids is 2. The third-order valence-electron chi connectivity index (χ3n) is 3.41. The molecule has 5 heteroatoms. The number of nitrogens with zero attached hydrogens (tertiary/aromatic N) is 1. The van der Waals surface area contributed by atoms with Crippen molar-refractivity contribution in [2.75, 3.05) is 4.90 Å². The zero-order valence-electron chi connectivity index (χ0n) is 11.2. The number of fused-ring (bicyclic) bond motifs is 1. The van der Waals surface area contributed by atoms with Gasteiger partial charge in [0.15, 0.2) is 0 Å². The molecule has 104 valence electrons. The molecule has 0 radical (unpaired) electrons. The van der Waals surface area contributed by atoms with E-state index in [4.69, 9.17) is 5.11 Å². The van der Waals surface area contributed by atoms with Crippen molar-refractivity contribution in [1.29, 1.82) is 0 Å². The van der Waals surface area contributed by atoms with Crippen LogP contribution in [0.2, 0.25) is 0 Å². The molecule has 1 aliphatic rings. The summed E-state index contributed by atoms with van der Waals surface area (Å²) in [6.07, 6.45) is 0. The lowest BCUT2D eigenvalue weighted by atomic mass is 10.1. The quantitative estimate of drug-likeness (QED) is 0.858. The van der Waals surface area contributed by atoms with Gasteiger partial charge in [0.1, 0.15) is 0 Å². The topological polar surface area (TPSA) is 74.7 Å². The Morgan fingerprint density at radius 2 is 1.57 bits per heavy atom. The van der Waals surface area contributed by atoms with Crippen molar-refractivity contribution in [3.05, 3.63) is 64.7 Å². The lowest BCUT2D eigenvalue weighted by molar-refractivity contribution is 0.0696. The van der Waals surface area contributed by atoms with Gasteiger partial charge in [-0.15, -0.1) is 0 Å². The van der Waals surface area contributed by atoms with Gasteiger partial charge in [0, 0.05) is 0 Å². The van der Waals surface area contributed by atoms with Crippen molar-refractivity contribution in [1.82, 2.24) is 0 Å². The van der Waals surface area contributed by atoms with Gasteiger partial charge in [-0.2, -0.15) is 0 Å². The molecule has 2 amide bonds. The molecule has 2 aromatic carbocycles. The fourth-order valence-electron chi connectivity index (χ4n) is 2.34. The monoisotopic (exact) mass is 281 g/mol. The summed E-state index contributed by atoms with van der Waals surface area (Å²) < 4.78 is 0. The summed E-state index contributed by atoms with van der Waals surface area (Å²) >= 11 is 0. The maximum Gasteiger partial charge on any atom is 0.335 e. The van der Waals surface area contributed by atoms with E-state index < -0.39 is 11.9 Å². The highest BCUT2D eigenvalue weighted by atomic mass is 16.4. The third-order valence-corrected chi connectivity index (χ3v) is 3.41. The first-order valence-corrected chi connectivity index (χ1v) is 6.32. The average Bonchev–Trinajstić information content (AvgIpc) is 2.70. The van der Waals surface area contributed by atoms with E-state index in [1.165, 1.54) is 24.3 Å². The van der Waals surface area contributed by atoms with E-state index in [9.17, 15) is 14.4 Å². The number of carboxylic acid groups (broad SMARTS) is 1. The summed E-state index contributed by atoms with van der Waals surface area (Å²) in [7, 11) is 0. The minimum Gasteiger partial charge on any atom is -0.478 e. The molecule has 0 bridgehead atoms.